The monoisotopic (exact) mass is 441 g/mol. The summed E-state index contributed by atoms with van der Waals surface area (Å²) >= 11 is 0. The van der Waals surface area contributed by atoms with Gasteiger partial charge in [0.05, 0.1) is 6.10 Å². The van der Waals surface area contributed by atoms with Gasteiger partial charge in [0.2, 0.25) is 11.8 Å². The van der Waals surface area contributed by atoms with Gasteiger partial charge in [-0.25, -0.2) is 0 Å². The summed E-state index contributed by atoms with van der Waals surface area (Å²) in [6, 6.07) is 5.30. The molecule has 3 amide bonds. The molecule has 4 aliphatic rings. The van der Waals surface area contributed by atoms with E-state index < -0.39 is 11.9 Å². The van der Waals surface area contributed by atoms with Crippen LogP contribution in [0.2, 0.25) is 0 Å². The van der Waals surface area contributed by atoms with Crippen molar-refractivity contribution in [3.05, 3.63) is 29.3 Å². The molecular weight excluding hydrogens is 410 g/mol. The minimum absolute atomic E-state index is 0.117. The average Bonchev–Trinajstić information content (AvgIpc) is 3.07. The zero-order valence-electron chi connectivity index (χ0n) is 18.3. The van der Waals surface area contributed by atoms with Crippen LogP contribution in [0.1, 0.15) is 60.9 Å². The van der Waals surface area contributed by atoms with Crippen molar-refractivity contribution >= 4 is 17.7 Å². The molecule has 0 spiro atoms. The van der Waals surface area contributed by atoms with E-state index in [0.717, 1.165) is 43.7 Å². The van der Waals surface area contributed by atoms with Crippen molar-refractivity contribution in [3.63, 3.8) is 0 Å². The fourth-order valence-electron chi connectivity index (χ4n) is 5.50. The summed E-state index contributed by atoms with van der Waals surface area (Å²) in [6.45, 7) is 3.08. The molecule has 8 nitrogen and oxygen atoms in total. The highest BCUT2D eigenvalue weighted by molar-refractivity contribution is 6.05. The lowest BCUT2D eigenvalue weighted by Crippen LogP contribution is -2.52. The van der Waals surface area contributed by atoms with Gasteiger partial charge in [-0.1, -0.05) is 6.42 Å². The molecule has 1 saturated carbocycles. The maximum Gasteiger partial charge on any atom is 0.255 e. The van der Waals surface area contributed by atoms with Gasteiger partial charge in [0.15, 0.2) is 0 Å². The molecule has 1 aromatic rings. The van der Waals surface area contributed by atoms with Crippen molar-refractivity contribution in [2.75, 3.05) is 19.7 Å². The molecule has 32 heavy (non-hydrogen) atoms. The van der Waals surface area contributed by atoms with E-state index in [9.17, 15) is 19.5 Å². The number of hydrogen-bond donors (Lipinski definition) is 2. The number of fused-ring (bicyclic) bond motifs is 1. The molecule has 3 heterocycles. The quantitative estimate of drug-likeness (QED) is 0.649. The minimum Gasteiger partial charge on any atom is -0.492 e. The standard InChI is InChI=1S/C24H31N3O5/c28-18-9-15(10-18)12-26-8-2-1-3-17(26)14-32-19-4-5-20-16(11-19)13-27(24(20)31)21-6-7-22(29)25-23(21)30/h4-5,11,15,17-18,21,28H,1-3,6-10,12-14H2,(H,25,29,30). The van der Waals surface area contributed by atoms with Gasteiger partial charge >= 0.3 is 0 Å². The Hall–Kier alpha value is -2.45. The van der Waals surface area contributed by atoms with Crippen molar-refractivity contribution in [1.29, 1.82) is 0 Å². The number of aliphatic hydroxyl groups is 1. The average molecular weight is 442 g/mol. The number of carbonyl (C=O) groups is 3. The summed E-state index contributed by atoms with van der Waals surface area (Å²) < 4.78 is 6.16. The van der Waals surface area contributed by atoms with E-state index in [4.69, 9.17) is 4.74 Å². The van der Waals surface area contributed by atoms with Gasteiger partial charge in [-0.05, 0) is 68.3 Å². The van der Waals surface area contributed by atoms with Crippen LogP contribution in [-0.4, -0.2) is 70.5 Å². The molecule has 2 N–H and O–H groups in total. The maximum absolute atomic E-state index is 12.8. The number of rotatable bonds is 6. The number of likely N-dealkylation sites (tertiary alicyclic amines) is 1. The number of amides is 3. The molecule has 3 fully saturated rings. The molecule has 0 radical (unpaired) electrons. The molecule has 2 saturated heterocycles. The lowest BCUT2D eigenvalue weighted by atomic mass is 9.81. The zero-order chi connectivity index (χ0) is 22.2. The first-order chi connectivity index (χ1) is 15.5. The third kappa shape index (κ3) is 4.26. The Morgan fingerprint density at radius 1 is 1.12 bits per heavy atom. The largest absolute Gasteiger partial charge is 0.492 e. The second kappa shape index (κ2) is 8.83. The van der Waals surface area contributed by atoms with Crippen LogP contribution in [0, 0.1) is 5.92 Å². The Labute approximate surface area is 187 Å². The van der Waals surface area contributed by atoms with Crippen LogP contribution in [0.25, 0.3) is 0 Å². The van der Waals surface area contributed by atoms with Crippen LogP contribution in [0.3, 0.4) is 0 Å². The highest BCUT2D eigenvalue weighted by atomic mass is 16.5. The molecular formula is C24H31N3O5. The maximum atomic E-state index is 12.8. The molecule has 172 valence electrons. The Kier molecular flexibility index (Phi) is 5.90. The van der Waals surface area contributed by atoms with Crippen LogP contribution in [0.4, 0.5) is 0 Å². The molecule has 1 aliphatic carbocycles. The van der Waals surface area contributed by atoms with Crippen LogP contribution < -0.4 is 10.1 Å². The third-order valence-corrected chi connectivity index (χ3v) is 7.39. The highest BCUT2D eigenvalue weighted by Gasteiger charge is 2.39. The van der Waals surface area contributed by atoms with E-state index >= 15 is 0 Å². The van der Waals surface area contributed by atoms with Crippen molar-refractivity contribution in [3.8, 4) is 5.75 Å². The summed E-state index contributed by atoms with van der Waals surface area (Å²) in [5.41, 5.74) is 1.46. The number of carbonyl (C=O) groups excluding carboxylic acids is 3. The van der Waals surface area contributed by atoms with Gasteiger partial charge in [-0.15, -0.1) is 0 Å². The van der Waals surface area contributed by atoms with Crippen LogP contribution in [-0.2, 0) is 16.1 Å². The fourth-order valence-corrected chi connectivity index (χ4v) is 5.50. The van der Waals surface area contributed by atoms with E-state index in [1.807, 2.05) is 12.1 Å². The number of aliphatic hydroxyl groups excluding tert-OH is 1. The van der Waals surface area contributed by atoms with E-state index in [1.165, 1.54) is 12.8 Å². The number of nitrogens with zero attached hydrogens (tertiary/aromatic N) is 2. The van der Waals surface area contributed by atoms with Crippen LogP contribution in [0.5, 0.6) is 5.75 Å². The Bertz CT molecular complexity index is 913. The summed E-state index contributed by atoms with van der Waals surface area (Å²) in [4.78, 5) is 40.6. The first-order valence-corrected chi connectivity index (χ1v) is 11.8. The highest BCUT2D eigenvalue weighted by Crippen LogP contribution is 2.32. The predicted octanol–water partition coefficient (Wildman–Crippen LogP) is 1.45. The number of hydrogen-bond acceptors (Lipinski definition) is 6. The summed E-state index contributed by atoms with van der Waals surface area (Å²) in [6.07, 6.45) is 5.85. The van der Waals surface area contributed by atoms with E-state index in [0.29, 0.717) is 37.1 Å². The van der Waals surface area contributed by atoms with Crippen molar-refractivity contribution in [2.24, 2.45) is 5.92 Å². The van der Waals surface area contributed by atoms with Crippen molar-refractivity contribution < 1.29 is 24.2 Å². The minimum atomic E-state index is -0.599. The van der Waals surface area contributed by atoms with E-state index in [2.05, 4.69) is 10.2 Å². The fraction of sp³-hybridized carbons (Fsp3) is 0.625. The molecule has 0 aromatic heterocycles. The smallest absolute Gasteiger partial charge is 0.255 e. The zero-order valence-corrected chi connectivity index (χ0v) is 18.3. The van der Waals surface area contributed by atoms with Crippen molar-refractivity contribution in [2.45, 2.75) is 69.7 Å². The summed E-state index contributed by atoms with van der Waals surface area (Å²) in [5.74, 6) is 0.495. The molecule has 2 atom stereocenters. The van der Waals surface area contributed by atoms with E-state index in [1.54, 1.807) is 11.0 Å². The molecule has 8 heteroatoms. The van der Waals surface area contributed by atoms with Gasteiger partial charge in [0.1, 0.15) is 18.4 Å². The lowest BCUT2D eigenvalue weighted by Gasteiger charge is -2.41. The normalized spacial score (nSPS) is 30.7. The van der Waals surface area contributed by atoms with Gasteiger partial charge in [-0.3, -0.25) is 24.6 Å². The lowest BCUT2D eigenvalue weighted by molar-refractivity contribution is -0.136. The Morgan fingerprint density at radius 3 is 2.75 bits per heavy atom. The molecule has 5 rings (SSSR count). The number of benzene rings is 1. The Morgan fingerprint density at radius 2 is 1.97 bits per heavy atom. The second-order valence-electron chi connectivity index (χ2n) is 9.67. The van der Waals surface area contributed by atoms with Crippen molar-refractivity contribution in [1.82, 2.24) is 15.1 Å². The number of ether oxygens (including phenoxy) is 1. The second-order valence-corrected chi connectivity index (χ2v) is 9.67. The first-order valence-electron chi connectivity index (χ1n) is 11.8. The van der Waals surface area contributed by atoms with Gasteiger partial charge in [0, 0.05) is 31.1 Å². The Balaban J connectivity index is 1.20. The van der Waals surface area contributed by atoms with E-state index in [-0.39, 0.29) is 24.3 Å². The number of nitrogens with one attached hydrogen (secondary N) is 1. The van der Waals surface area contributed by atoms with Crippen LogP contribution >= 0.6 is 0 Å². The first kappa shape index (κ1) is 21.4. The number of imide groups is 1. The summed E-state index contributed by atoms with van der Waals surface area (Å²) in [5, 5.41) is 11.9. The predicted molar refractivity (Wildman–Crippen MR) is 116 cm³/mol. The molecule has 0 bridgehead atoms. The SMILES string of the molecule is O=C1CCC(N2Cc3cc(OCC4CCCCN4CC4CC(O)C4)ccc3C2=O)C(=O)N1. The molecule has 3 aliphatic heterocycles. The number of piperidine rings is 2. The van der Waals surface area contributed by atoms with Gasteiger partial charge in [0.25, 0.3) is 5.91 Å². The molecule has 1 aromatic carbocycles. The van der Waals surface area contributed by atoms with Gasteiger partial charge in [-0.2, -0.15) is 0 Å². The topological polar surface area (TPSA) is 99.2 Å². The summed E-state index contributed by atoms with van der Waals surface area (Å²) in [7, 11) is 0. The van der Waals surface area contributed by atoms with Crippen LogP contribution in [0.15, 0.2) is 18.2 Å². The van der Waals surface area contributed by atoms with Gasteiger partial charge < -0.3 is 14.7 Å². The third-order valence-electron chi connectivity index (χ3n) is 7.39. The molecule has 2 unspecified atom stereocenters.